The molecule has 2 amide bonds. The number of carbonyl (C=O) groups excluding carboxylic acids is 1. The van der Waals surface area contributed by atoms with Crippen molar-refractivity contribution in [3.63, 3.8) is 0 Å². The van der Waals surface area contributed by atoms with Crippen LogP contribution in [-0.4, -0.2) is 6.03 Å². The first-order valence-electron chi connectivity index (χ1n) is 6.04. The molecule has 1 unspecified atom stereocenters. The van der Waals surface area contributed by atoms with Crippen LogP contribution in [0.3, 0.4) is 0 Å². The number of rotatable bonds is 3. The van der Waals surface area contributed by atoms with Gasteiger partial charge in [-0.05, 0) is 47.2 Å². The molecule has 1 atom stereocenters. The van der Waals surface area contributed by atoms with E-state index in [1.165, 1.54) is 0 Å². The molecule has 2 aromatic carbocycles. The van der Waals surface area contributed by atoms with E-state index < -0.39 is 0 Å². The maximum absolute atomic E-state index is 11.9. The molecule has 0 radical (unpaired) electrons. The molecular weight excluding hydrogens is 351 g/mol. The standard InChI is InChI=1S/C15H15IN2O/c1-11(12-7-3-2-4-8-12)17-15(19)18-14-10-6-5-9-13(14)16/h2-11H,1H3,(H2,17,18,19). The molecule has 0 fully saturated rings. The number of nitrogens with one attached hydrogen (secondary N) is 2. The van der Waals surface area contributed by atoms with Gasteiger partial charge in [0.25, 0.3) is 0 Å². The van der Waals surface area contributed by atoms with E-state index in [-0.39, 0.29) is 12.1 Å². The van der Waals surface area contributed by atoms with Crippen LogP contribution in [-0.2, 0) is 0 Å². The fraction of sp³-hybridized carbons (Fsp3) is 0.133. The zero-order valence-electron chi connectivity index (χ0n) is 10.6. The van der Waals surface area contributed by atoms with E-state index in [9.17, 15) is 4.79 Å². The highest BCUT2D eigenvalue weighted by Gasteiger charge is 2.09. The second-order valence-electron chi connectivity index (χ2n) is 4.21. The maximum Gasteiger partial charge on any atom is 0.319 e. The number of benzene rings is 2. The lowest BCUT2D eigenvalue weighted by molar-refractivity contribution is 0.249. The Hall–Kier alpha value is -1.56. The van der Waals surface area contributed by atoms with Gasteiger partial charge in [0.05, 0.1) is 11.7 Å². The van der Waals surface area contributed by atoms with Crippen molar-refractivity contribution in [1.82, 2.24) is 5.32 Å². The first kappa shape index (κ1) is 13.9. The summed E-state index contributed by atoms with van der Waals surface area (Å²) in [6.07, 6.45) is 0. The van der Waals surface area contributed by atoms with Crippen molar-refractivity contribution in [1.29, 1.82) is 0 Å². The average molecular weight is 366 g/mol. The molecule has 98 valence electrons. The third-order valence-corrected chi connectivity index (χ3v) is 3.71. The third-order valence-electron chi connectivity index (χ3n) is 2.77. The predicted octanol–water partition coefficient (Wildman–Crippen LogP) is 4.17. The van der Waals surface area contributed by atoms with Crippen LogP contribution in [0.5, 0.6) is 0 Å². The van der Waals surface area contributed by atoms with E-state index in [1.54, 1.807) is 0 Å². The van der Waals surface area contributed by atoms with Crippen LogP contribution >= 0.6 is 22.6 Å². The Morgan fingerprint density at radius 3 is 2.37 bits per heavy atom. The van der Waals surface area contributed by atoms with E-state index in [2.05, 4.69) is 33.2 Å². The highest BCUT2D eigenvalue weighted by Crippen LogP contribution is 2.17. The summed E-state index contributed by atoms with van der Waals surface area (Å²) in [6.45, 7) is 1.96. The molecule has 0 spiro atoms. The smallest absolute Gasteiger partial charge is 0.319 e. The molecule has 2 aromatic rings. The van der Waals surface area contributed by atoms with Crippen LogP contribution in [0.15, 0.2) is 54.6 Å². The van der Waals surface area contributed by atoms with Gasteiger partial charge in [-0.1, -0.05) is 42.5 Å². The molecule has 19 heavy (non-hydrogen) atoms. The van der Waals surface area contributed by atoms with Crippen molar-refractivity contribution in [2.75, 3.05) is 5.32 Å². The third kappa shape index (κ3) is 3.96. The molecule has 2 N–H and O–H groups in total. The molecule has 0 aliphatic carbocycles. The lowest BCUT2D eigenvalue weighted by atomic mass is 10.1. The number of hydrogen-bond donors (Lipinski definition) is 2. The first-order chi connectivity index (χ1) is 9.16. The van der Waals surface area contributed by atoms with E-state index in [4.69, 9.17) is 0 Å². The normalized spacial score (nSPS) is 11.7. The summed E-state index contributed by atoms with van der Waals surface area (Å²) in [5.41, 5.74) is 1.90. The van der Waals surface area contributed by atoms with Gasteiger partial charge in [-0.25, -0.2) is 4.79 Å². The number of hydrogen-bond acceptors (Lipinski definition) is 1. The fourth-order valence-corrected chi connectivity index (χ4v) is 2.26. The molecule has 2 rings (SSSR count). The number of anilines is 1. The zero-order chi connectivity index (χ0) is 13.7. The van der Waals surface area contributed by atoms with Gasteiger partial charge in [0.2, 0.25) is 0 Å². The number of amides is 2. The van der Waals surface area contributed by atoms with E-state index in [0.29, 0.717) is 0 Å². The van der Waals surface area contributed by atoms with Crippen LogP contribution < -0.4 is 10.6 Å². The molecule has 0 aromatic heterocycles. The topological polar surface area (TPSA) is 41.1 Å². The highest BCUT2D eigenvalue weighted by molar-refractivity contribution is 14.1. The van der Waals surface area contributed by atoms with Crippen LogP contribution in [0, 0.1) is 3.57 Å². The van der Waals surface area contributed by atoms with Crippen molar-refractivity contribution in [3.8, 4) is 0 Å². The van der Waals surface area contributed by atoms with Crippen molar-refractivity contribution >= 4 is 34.3 Å². The van der Waals surface area contributed by atoms with Crippen LogP contribution in [0.2, 0.25) is 0 Å². The largest absolute Gasteiger partial charge is 0.331 e. The monoisotopic (exact) mass is 366 g/mol. The Bertz CT molecular complexity index is 557. The van der Waals surface area contributed by atoms with Crippen molar-refractivity contribution in [2.24, 2.45) is 0 Å². The van der Waals surface area contributed by atoms with Gasteiger partial charge in [-0.3, -0.25) is 0 Å². The lowest BCUT2D eigenvalue weighted by Gasteiger charge is -2.15. The molecule has 0 bridgehead atoms. The summed E-state index contributed by atoms with van der Waals surface area (Å²) in [5.74, 6) is 0. The second kappa shape index (κ2) is 6.56. The Morgan fingerprint density at radius 1 is 1.05 bits per heavy atom. The first-order valence-corrected chi connectivity index (χ1v) is 7.11. The summed E-state index contributed by atoms with van der Waals surface area (Å²) < 4.78 is 1.02. The minimum atomic E-state index is -0.194. The summed E-state index contributed by atoms with van der Waals surface area (Å²) >= 11 is 2.20. The van der Waals surface area contributed by atoms with Gasteiger partial charge < -0.3 is 10.6 Å². The summed E-state index contributed by atoms with van der Waals surface area (Å²) in [4.78, 5) is 11.9. The SMILES string of the molecule is CC(NC(=O)Nc1ccccc1I)c1ccccc1. The summed E-state index contributed by atoms with van der Waals surface area (Å²) in [5, 5.41) is 5.77. The highest BCUT2D eigenvalue weighted by atomic mass is 127. The zero-order valence-corrected chi connectivity index (χ0v) is 12.7. The van der Waals surface area contributed by atoms with Crippen LogP contribution in [0.25, 0.3) is 0 Å². The molecule has 0 saturated heterocycles. The fourth-order valence-electron chi connectivity index (χ4n) is 1.74. The van der Waals surface area contributed by atoms with Gasteiger partial charge in [0.1, 0.15) is 0 Å². The van der Waals surface area contributed by atoms with Gasteiger partial charge in [-0.2, -0.15) is 0 Å². The Morgan fingerprint density at radius 2 is 1.68 bits per heavy atom. The van der Waals surface area contributed by atoms with Crippen LogP contribution in [0.1, 0.15) is 18.5 Å². The number of para-hydroxylation sites is 1. The quantitative estimate of drug-likeness (QED) is 0.787. The summed E-state index contributed by atoms with van der Waals surface area (Å²) in [7, 11) is 0. The van der Waals surface area contributed by atoms with E-state index >= 15 is 0 Å². The molecule has 4 heteroatoms. The van der Waals surface area contributed by atoms with Gasteiger partial charge in [-0.15, -0.1) is 0 Å². The number of halogens is 1. The van der Waals surface area contributed by atoms with E-state index in [1.807, 2.05) is 61.5 Å². The minimum absolute atomic E-state index is 0.0254. The molecule has 0 aliphatic heterocycles. The van der Waals surface area contributed by atoms with Crippen molar-refractivity contribution in [2.45, 2.75) is 13.0 Å². The van der Waals surface area contributed by atoms with Crippen LogP contribution in [0.4, 0.5) is 10.5 Å². The molecule has 3 nitrogen and oxygen atoms in total. The second-order valence-corrected chi connectivity index (χ2v) is 5.37. The minimum Gasteiger partial charge on any atom is -0.331 e. The van der Waals surface area contributed by atoms with Gasteiger partial charge >= 0.3 is 6.03 Å². The average Bonchev–Trinajstić information content (AvgIpc) is 2.42. The summed E-state index contributed by atoms with van der Waals surface area (Å²) in [6, 6.07) is 17.3. The Balaban J connectivity index is 1.97. The van der Waals surface area contributed by atoms with E-state index in [0.717, 1.165) is 14.8 Å². The predicted molar refractivity (Wildman–Crippen MR) is 86.2 cm³/mol. The van der Waals surface area contributed by atoms with Gasteiger partial charge in [0.15, 0.2) is 0 Å². The van der Waals surface area contributed by atoms with Crippen molar-refractivity contribution < 1.29 is 4.79 Å². The molecular formula is C15H15IN2O. The lowest BCUT2D eigenvalue weighted by Crippen LogP contribution is -2.31. The number of urea groups is 1. The molecule has 0 heterocycles. The Kier molecular flexibility index (Phi) is 4.79. The Labute approximate surface area is 126 Å². The maximum atomic E-state index is 11.9. The van der Waals surface area contributed by atoms with Gasteiger partial charge in [0, 0.05) is 3.57 Å². The van der Waals surface area contributed by atoms with Crippen molar-refractivity contribution in [3.05, 3.63) is 63.7 Å². The number of carbonyl (C=O) groups is 1. The molecule has 0 saturated carbocycles. The molecule has 0 aliphatic rings.